The van der Waals surface area contributed by atoms with Gasteiger partial charge in [-0.25, -0.2) is 0 Å². The molecule has 20 heavy (non-hydrogen) atoms. The maximum absolute atomic E-state index is 11.8. The first-order valence-corrected chi connectivity index (χ1v) is 7.19. The second kappa shape index (κ2) is 6.27. The monoisotopic (exact) mass is 276 g/mol. The maximum Gasteiger partial charge on any atom is 0.258 e. The Morgan fingerprint density at radius 1 is 1.30 bits per heavy atom. The molecule has 0 aromatic heterocycles. The van der Waals surface area contributed by atoms with Crippen LogP contribution in [0.25, 0.3) is 0 Å². The number of rotatable bonds is 6. The molecule has 2 N–H and O–H groups in total. The zero-order valence-electron chi connectivity index (χ0n) is 12.5. The Hall–Kier alpha value is -1.55. The fraction of sp³-hybridized carbons (Fsp3) is 0.562. The topological polar surface area (TPSA) is 50.4 Å². The number of para-hydroxylation sites is 1. The molecule has 0 spiro atoms. The van der Waals surface area contributed by atoms with Gasteiger partial charge in [0.25, 0.3) is 5.91 Å². The summed E-state index contributed by atoms with van der Waals surface area (Å²) in [5, 5.41) is 6.35. The average Bonchev–Trinajstić information content (AvgIpc) is 3.17. The van der Waals surface area contributed by atoms with Crippen molar-refractivity contribution < 1.29 is 9.53 Å². The van der Waals surface area contributed by atoms with E-state index in [0.29, 0.717) is 6.04 Å². The lowest BCUT2D eigenvalue weighted by Crippen LogP contribution is -2.43. The summed E-state index contributed by atoms with van der Waals surface area (Å²) in [4.78, 5) is 11.8. The van der Waals surface area contributed by atoms with Crippen molar-refractivity contribution >= 4 is 5.91 Å². The normalized spacial score (nSPS) is 14.9. The van der Waals surface area contributed by atoms with E-state index in [1.54, 1.807) is 0 Å². The van der Waals surface area contributed by atoms with E-state index in [-0.39, 0.29) is 18.1 Å². The van der Waals surface area contributed by atoms with Crippen LogP contribution < -0.4 is 15.4 Å². The van der Waals surface area contributed by atoms with Crippen LogP contribution in [0.4, 0.5) is 0 Å². The van der Waals surface area contributed by atoms with Gasteiger partial charge in [0.05, 0.1) is 0 Å². The number of nitrogens with one attached hydrogen (secondary N) is 2. The van der Waals surface area contributed by atoms with Gasteiger partial charge in [-0.2, -0.15) is 0 Å². The molecule has 0 heterocycles. The van der Waals surface area contributed by atoms with E-state index in [2.05, 4.69) is 10.6 Å². The fourth-order valence-electron chi connectivity index (χ4n) is 1.93. The van der Waals surface area contributed by atoms with Crippen molar-refractivity contribution in [1.82, 2.24) is 10.6 Å². The van der Waals surface area contributed by atoms with Gasteiger partial charge in [-0.1, -0.05) is 18.2 Å². The summed E-state index contributed by atoms with van der Waals surface area (Å²) in [6.07, 6.45) is 2.52. The lowest BCUT2D eigenvalue weighted by molar-refractivity contribution is -0.124. The fourth-order valence-corrected chi connectivity index (χ4v) is 1.93. The highest BCUT2D eigenvalue weighted by atomic mass is 16.5. The second-order valence-electron chi connectivity index (χ2n) is 6.35. The summed E-state index contributed by atoms with van der Waals surface area (Å²) in [7, 11) is 0. The summed E-state index contributed by atoms with van der Waals surface area (Å²) in [5.74, 6) is 0.687. The molecule has 1 aliphatic rings. The zero-order valence-corrected chi connectivity index (χ0v) is 12.5. The van der Waals surface area contributed by atoms with Crippen LogP contribution >= 0.6 is 0 Å². The number of benzene rings is 1. The molecule has 1 fully saturated rings. The molecule has 0 radical (unpaired) electrons. The highest BCUT2D eigenvalue weighted by molar-refractivity contribution is 5.78. The van der Waals surface area contributed by atoms with Crippen molar-refractivity contribution in [1.29, 1.82) is 0 Å². The third-order valence-corrected chi connectivity index (χ3v) is 3.00. The molecule has 1 aromatic rings. The number of hydrogen-bond donors (Lipinski definition) is 2. The van der Waals surface area contributed by atoms with Gasteiger partial charge < -0.3 is 15.4 Å². The van der Waals surface area contributed by atoms with Gasteiger partial charge in [-0.15, -0.1) is 0 Å². The van der Waals surface area contributed by atoms with E-state index >= 15 is 0 Å². The number of hydrogen-bond acceptors (Lipinski definition) is 3. The third-order valence-electron chi connectivity index (χ3n) is 3.00. The quantitative estimate of drug-likeness (QED) is 0.837. The minimum Gasteiger partial charge on any atom is -0.483 e. The summed E-state index contributed by atoms with van der Waals surface area (Å²) >= 11 is 0. The van der Waals surface area contributed by atoms with E-state index in [1.165, 1.54) is 12.8 Å². The van der Waals surface area contributed by atoms with Crippen molar-refractivity contribution in [2.75, 3.05) is 6.61 Å². The van der Waals surface area contributed by atoms with Gasteiger partial charge in [-0.3, -0.25) is 4.79 Å². The highest BCUT2D eigenvalue weighted by Gasteiger charge is 2.20. The van der Waals surface area contributed by atoms with Crippen LogP contribution in [0.1, 0.15) is 39.2 Å². The molecule has 1 aliphatic carbocycles. The number of ether oxygens (including phenoxy) is 1. The molecule has 0 aliphatic heterocycles. The molecule has 0 unspecified atom stereocenters. The molecule has 1 amide bonds. The largest absolute Gasteiger partial charge is 0.483 e. The lowest BCUT2D eigenvalue weighted by atomic mass is 10.1. The first-order valence-electron chi connectivity index (χ1n) is 7.19. The zero-order chi connectivity index (χ0) is 14.6. The van der Waals surface area contributed by atoms with E-state index in [9.17, 15) is 4.79 Å². The first-order chi connectivity index (χ1) is 9.44. The van der Waals surface area contributed by atoms with E-state index in [1.807, 2.05) is 45.0 Å². The second-order valence-corrected chi connectivity index (χ2v) is 6.35. The number of amides is 1. The van der Waals surface area contributed by atoms with Crippen molar-refractivity contribution in [3.8, 4) is 5.75 Å². The number of carbonyl (C=O) groups excluding carboxylic acids is 1. The Labute approximate surface area is 120 Å². The molecule has 2 rings (SSSR count). The molecule has 4 heteroatoms. The minimum absolute atomic E-state index is 0.0533. The summed E-state index contributed by atoms with van der Waals surface area (Å²) in [5.41, 5.74) is 0.871. The summed E-state index contributed by atoms with van der Waals surface area (Å²) in [6, 6.07) is 8.52. The first kappa shape index (κ1) is 14.9. The maximum atomic E-state index is 11.8. The van der Waals surface area contributed by atoms with Gasteiger partial charge in [-0.05, 0) is 39.7 Å². The van der Waals surface area contributed by atoms with Gasteiger partial charge in [0.15, 0.2) is 6.61 Å². The molecule has 1 saturated carbocycles. The smallest absolute Gasteiger partial charge is 0.258 e. The van der Waals surface area contributed by atoms with Crippen molar-refractivity contribution in [3.05, 3.63) is 29.8 Å². The Morgan fingerprint density at radius 2 is 2.00 bits per heavy atom. The standard InChI is InChI=1S/C16H24N2O2/c1-16(2,3)18-15(19)11-20-14-7-5-4-6-12(14)10-17-13-8-9-13/h4-7,13,17H,8-11H2,1-3H3,(H,18,19). The molecule has 4 nitrogen and oxygen atoms in total. The van der Waals surface area contributed by atoms with Crippen LogP contribution in [0, 0.1) is 0 Å². The SMILES string of the molecule is CC(C)(C)NC(=O)COc1ccccc1CNC1CC1. The van der Waals surface area contributed by atoms with Crippen molar-refractivity contribution in [2.24, 2.45) is 0 Å². The summed E-state index contributed by atoms with van der Waals surface area (Å²) < 4.78 is 5.65. The molecule has 0 atom stereocenters. The number of carbonyl (C=O) groups is 1. The van der Waals surface area contributed by atoms with Crippen LogP contribution in [0.2, 0.25) is 0 Å². The van der Waals surface area contributed by atoms with Crippen LogP contribution in [-0.2, 0) is 11.3 Å². The third kappa shape index (κ3) is 5.21. The minimum atomic E-state index is -0.229. The van der Waals surface area contributed by atoms with Crippen molar-refractivity contribution in [3.63, 3.8) is 0 Å². The molecule has 0 bridgehead atoms. The van der Waals surface area contributed by atoms with Gasteiger partial charge in [0.1, 0.15) is 5.75 Å². The molecule has 110 valence electrons. The highest BCUT2D eigenvalue weighted by Crippen LogP contribution is 2.22. The van der Waals surface area contributed by atoms with Crippen LogP contribution in [-0.4, -0.2) is 24.1 Å². The molecule has 0 saturated heterocycles. The Balaban J connectivity index is 1.86. The average molecular weight is 276 g/mol. The molecular formula is C16H24N2O2. The van der Waals surface area contributed by atoms with Gasteiger partial charge >= 0.3 is 0 Å². The lowest BCUT2D eigenvalue weighted by Gasteiger charge is -2.20. The van der Waals surface area contributed by atoms with E-state index < -0.39 is 0 Å². The predicted octanol–water partition coefficient (Wildman–Crippen LogP) is 2.23. The van der Waals surface area contributed by atoms with Crippen LogP contribution in [0.5, 0.6) is 5.75 Å². The summed E-state index contributed by atoms with van der Waals surface area (Å²) in [6.45, 7) is 6.72. The Bertz CT molecular complexity index is 462. The van der Waals surface area contributed by atoms with Crippen LogP contribution in [0.15, 0.2) is 24.3 Å². The Kier molecular flexibility index (Phi) is 4.65. The Morgan fingerprint density at radius 3 is 2.65 bits per heavy atom. The van der Waals surface area contributed by atoms with Crippen LogP contribution in [0.3, 0.4) is 0 Å². The van der Waals surface area contributed by atoms with E-state index in [4.69, 9.17) is 4.74 Å². The van der Waals surface area contributed by atoms with E-state index in [0.717, 1.165) is 17.9 Å². The van der Waals surface area contributed by atoms with Crippen molar-refractivity contribution in [2.45, 2.75) is 51.7 Å². The molecule has 1 aromatic carbocycles. The predicted molar refractivity (Wildman–Crippen MR) is 79.7 cm³/mol. The van der Waals surface area contributed by atoms with Gasteiger partial charge in [0.2, 0.25) is 0 Å². The molecular weight excluding hydrogens is 252 g/mol. The van der Waals surface area contributed by atoms with Gasteiger partial charge in [0, 0.05) is 23.7 Å².